The SMILES string of the molecule is C=CCNC(=O)CCCCC(=O)N/N=C/c1cccs1. The summed E-state index contributed by atoms with van der Waals surface area (Å²) in [4.78, 5) is 23.7. The van der Waals surface area contributed by atoms with E-state index in [2.05, 4.69) is 22.4 Å². The average molecular weight is 293 g/mol. The Morgan fingerprint density at radius 1 is 1.30 bits per heavy atom. The third kappa shape index (κ3) is 7.48. The van der Waals surface area contributed by atoms with Crippen molar-refractivity contribution in [2.75, 3.05) is 6.54 Å². The van der Waals surface area contributed by atoms with Crippen molar-refractivity contribution < 1.29 is 9.59 Å². The Morgan fingerprint density at radius 2 is 2.05 bits per heavy atom. The monoisotopic (exact) mass is 293 g/mol. The van der Waals surface area contributed by atoms with Gasteiger partial charge in [0.1, 0.15) is 0 Å². The third-order valence-electron chi connectivity index (χ3n) is 2.43. The van der Waals surface area contributed by atoms with Gasteiger partial charge in [0.05, 0.1) is 6.21 Å². The summed E-state index contributed by atoms with van der Waals surface area (Å²) >= 11 is 1.55. The highest BCUT2D eigenvalue weighted by atomic mass is 32.1. The summed E-state index contributed by atoms with van der Waals surface area (Å²) in [5.41, 5.74) is 2.47. The highest BCUT2D eigenvalue weighted by Crippen LogP contribution is 2.04. The Balaban J connectivity index is 2.05. The van der Waals surface area contributed by atoms with Crippen molar-refractivity contribution in [3.8, 4) is 0 Å². The zero-order chi connectivity index (χ0) is 14.6. The standard InChI is InChI=1S/C14H19N3O2S/c1-2-9-15-13(18)7-3-4-8-14(19)17-16-11-12-6-5-10-20-12/h2,5-6,10-11H,1,3-4,7-9H2,(H,15,18)(H,17,19)/b16-11+. The molecule has 0 saturated heterocycles. The van der Waals surface area contributed by atoms with Crippen LogP contribution >= 0.6 is 11.3 Å². The second-order valence-electron chi connectivity index (χ2n) is 4.11. The van der Waals surface area contributed by atoms with Crippen LogP contribution in [0.15, 0.2) is 35.3 Å². The molecule has 0 aliphatic heterocycles. The Bertz CT molecular complexity index is 455. The summed E-state index contributed by atoms with van der Waals surface area (Å²) in [6, 6.07) is 3.84. The quantitative estimate of drug-likeness (QED) is 0.317. The van der Waals surface area contributed by atoms with Crippen LogP contribution in [-0.4, -0.2) is 24.6 Å². The first-order valence-corrected chi connectivity index (χ1v) is 7.33. The van der Waals surface area contributed by atoms with Gasteiger partial charge in [-0.2, -0.15) is 5.10 Å². The number of rotatable bonds is 9. The van der Waals surface area contributed by atoms with Crippen molar-refractivity contribution in [1.82, 2.24) is 10.7 Å². The van der Waals surface area contributed by atoms with Crippen LogP contribution in [0.2, 0.25) is 0 Å². The molecule has 108 valence electrons. The molecule has 0 radical (unpaired) electrons. The molecule has 0 atom stereocenters. The summed E-state index contributed by atoms with van der Waals surface area (Å²) in [5, 5.41) is 8.50. The van der Waals surface area contributed by atoms with Gasteiger partial charge in [0.2, 0.25) is 11.8 Å². The maximum Gasteiger partial charge on any atom is 0.240 e. The number of unbranched alkanes of at least 4 members (excludes halogenated alkanes) is 1. The zero-order valence-electron chi connectivity index (χ0n) is 11.3. The van der Waals surface area contributed by atoms with E-state index in [0.29, 0.717) is 32.2 Å². The molecular weight excluding hydrogens is 274 g/mol. The fraction of sp³-hybridized carbons (Fsp3) is 0.357. The molecule has 2 amide bonds. The van der Waals surface area contributed by atoms with Crippen LogP contribution < -0.4 is 10.7 Å². The van der Waals surface area contributed by atoms with Crippen LogP contribution in [0.5, 0.6) is 0 Å². The first-order valence-electron chi connectivity index (χ1n) is 6.45. The number of nitrogens with zero attached hydrogens (tertiary/aromatic N) is 1. The van der Waals surface area contributed by atoms with Gasteiger partial charge < -0.3 is 5.32 Å². The van der Waals surface area contributed by atoms with Gasteiger partial charge in [0.15, 0.2) is 0 Å². The van der Waals surface area contributed by atoms with Gasteiger partial charge in [-0.3, -0.25) is 9.59 Å². The van der Waals surface area contributed by atoms with Gasteiger partial charge in [-0.05, 0) is 24.3 Å². The number of carbonyl (C=O) groups is 2. The molecule has 6 heteroatoms. The number of carbonyl (C=O) groups excluding carboxylic acids is 2. The molecule has 1 aromatic rings. The van der Waals surface area contributed by atoms with E-state index in [1.165, 1.54) is 0 Å². The van der Waals surface area contributed by atoms with Crippen LogP contribution in [0.25, 0.3) is 0 Å². The third-order valence-corrected chi connectivity index (χ3v) is 3.23. The molecule has 1 heterocycles. The first-order chi connectivity index (χ1) is 9.72. The van der Waals surface area contributed by atoms with Crippen molar-refractivity contribution in [2.24, 2.45) is 5.10 Å². The van der Waals surface area contributed by atoms with E-state index in [-0.39, 0.29) is 11.8 Å². The van der Waals surface area contributed by atoms with E-state index < -0.39 is 0 Å². The number of nitrogens with one attached hydrogen (secondary N) is 2. The van der Waals surface area contributed by atoms with Gasteiger partial charge >= 0.3 is 0 Å². The largest absolute Gasteiger partial charge is 0.353 e. The van der Waals surface area contributed by atoms with E-state index >= 15 is 0 Å². The van der Waals surface area contributed by atoms with Crippen molar-refractivity contribution in [3.63, 3.8) is 0 Å². The summed E-state index contributed by atoms with van der Waals surface area (Å²) in [5.74, 6) is -0.148. The topological polar surface area (TPSA) is 70.6 Å². The van der Waals surface area contributed by atoms with Crippen LogP contribution in [-0.2, 0) is 9.59 Å². The summed E-state index contributed by atoms with van der Waals surface area (Å²) in [7, 11) is 0. The average Bonchev–Trinajstić information content (AvgIpc) is 2.94. The number of thiophene rings is 1. The van der Waals surface area contributed by atoms with E-state index in [4.69, 9.17) is 0 Å². The molecule has 1 rings (SSSR count). The summed E-state index contributed by atoms with van der Waals surface area (Å²) < 4.78 is 0. The normalized spacial score (nSPS) is 10.4. The van der Waals surface area contributed by atoms with Gasteiger partial charge in [0, 0.05) is 24.3 Å². The van der Waals surface area contributed by atoms with Gasteiger partial charge in [-0.1, -0.05) is 12.1 Å². The van der Waals surface area contributed by atoms with Crippen LogP contribution in [0.1, 0.15) is 30.6 Å². The maximum atomic E-state index is 11.5. The number of hydrazone groups is 1. The molecule has 0 saturated carbocycles. The van der Waals surface area contributed by atoms with Gasteiger partial charge in [-0.15, -0.1) is 17.9 Å². The van der Waals surface area contributed by atoms with Crippen molar-refractivity contribution in [3.05, 3.63) is 35.0 Å². The molecule has 0 spiro atoms. The van der Waals surface area contributed by atoms with Gasteiger partial charge in [-0.25, -0.2) is 5.43 Å². The number of amides is 2. The van der Waals surface area contributed by atoms with Crippen molar-refractivity contribution in [2.45, 2.75) is 25.7 Å². The summed E-state index contributed by atoms with van der Waals surface area (Å²) in [6.07, 6.45) is 5.41. The molecule has 0 unspecified atom stereocenters. The highest BCUT2D eigenvalue weighted by Gasteiger charge is 2.02. The molecule has 0 bridgehead atoms. The lowest BCUT2D eigenvalue weighted by Gasteiger charge is -2.02. The highest BCUT2D eigenvalue weighted by molar-refractivity contribution is 7.11. The second-order valence-corrected chi connectivity index (χ2v) is 5.09. The maximum absolute atomic E-state index is 11.5. The molecule has 0 aromatic carbocycles. The Hall–Kier alpha value is -1.95. The number of hydrogen-bond acceptors (Lipinski definition) is 4. The Labute approximate surface area is 122 Å². The minimum absolute atomic E-state index is 0.0129. The van der Waals surface area contributed by atoms with Crippen LogP contribution in [0.3, 0.4) is 0 Å². The van der Waals surface area contributed by atoms with E-state index in [9.17, 15) is 9.59 Å². The molecular formula is C14H19N3O2S. The molecule has 2 N–H and O–H groups in total. The fourth-order valence-electron chi connectivity index (χ4n) is 1.43. The van der Waals surface area contributed by atoms with Crippen molar-refractivity contribution >= 4 is 29.4 Å². The molecule has 0 aliphatic carbocycles. The van der Waals surface area contributed by atoms with Gasteiger partial charge in [0.25, 0.3) is 0 Å². The lowest BCUT2D eigenvalue weighted by molar-refractivity contribution is -0.122. The molecule has 0 aliphatic rings. The Morgan fingerprint density at radius 3 is 2.70 bits per heavy atom. The summed E-state index contributed by atoms with van der Waals surface area (Å²) in [6.45, 7) is 4.00. The molecule has 5 nitrogen and oxygen atoms in total. The number of hydrogen-bond donors (Lipinski definition) is 2. The molecule has 1 aromatic heterocycles. The van der Waals surface area contributed by atoms with E-state index in [0.717, 1.165) is 4.88 Å². The van der Waals surface area contributed by atoms with E-state index in [1.54, 1.807) is 23.6 Å². The van der Waals surface area contributed by atoms with Crippen molar-refractivity contribution in [1.29, 1.82) is 0 Å². The lowest BCUT2D eigenvalue weighted by atomic mass is 10.2. The Kier molecular flexibility index (Phi) is 7.98. The first kappa shape index (κ1) is 16.1. The lowest BCUT2D eigenvalue weighted by Crippen LogP contribution is -2.23. The zero-order valence-corrected chi connectivity index (χ0v) is 12.1. The minimum atomic E-state index is -0.135. The molecule has 0 fully saturated rings. The molecule has 20 heavy (non-hydrogen) atoms. The van der Waals surface area contributed by atoms with E-state index in [1.807, 2.05) is 17.5 Å². The van der Waals surface area contributed by atoms with Crippen LogP contribution in [0.4, 0.5) is 0 Å². The van der Waals surface area contributed by atoms with Crippen LogP contribution in [0, 0.1) is 0 Å². The predicted molar refractivity (Wildman–Crippen MR) is 81.7 cm³/mol. The fourth-order valence-corrected chi connectivity index (χ4v) is 2.02. The second kappa shape index (κ2) is 9.91. The minimum Gasteiger partial charge on any atom is -0.353 e. The predicted octanol–water partition coefficient (Wildman–Crippen LogP) is 2.06. The smallest absolute Gasteiger partial charge is 0.240 e.